The maximum atomic E-state index is 12.5. The van der Waals surface area contributed by atoms with Gasteiger partial charge in [-0.1, -0.05) is 19.1 Å². The molecule has 0 saturated heterocycles. The quantitative estimate of drug-likeness (QED) is 0.762. The van der Waals surface area contributed by atoms with Gasteiger partial charge in [0, 0.05) is 5.70 Å². The zero-order chi connectivity index (χ0) is 18.5. The number of carbonyl (C=O) groups is 2. The van der Waals surface area contributed by atoms with Gasteiger partial charge in [-0.3, -0.25) is 0 Å². The minimum Gasteiger partial charge on any atom is -0.490 e. The molecule has 1 heterocycles. The normalized spacial score (nSPS) is 20.5. The van der Waals surface area contributed by atoms with Gasteiger partial charge in [0.1, 0.15) is 5.75 Å². The Morgan fingerprint density at radius 3 is 2.46 bits per heavy atom. The fraction of sp³-hybridized carbons (Fsp3) is 0.500. The van der Waals surface area contributed by atoms with Crippen LogP contribution in [0.2, 0.25) is 0 Å². The molecule has 1 aliphatic heterocycles. The second-order valence-corrected chi connectivity index (χ2v) is 6.59. The molecule has 26 heavy (non-hydrogen) atoms. The van der Waals surface area contributed by atoms with Gasteiger partial charge in [-0.05, 0) is 56.7 Å². The smallest absolute Gasteiger partial charge is 0.338 e. The van der Waals surface area contributed by atoms with E-state index >= 15 is 0 Å². The molecule has 1 atom stereocenters. The fourth-order valence-corrected chi connectivity index (χ4v) is 3.53. The van der Waals surface area contributed by atoms with Crippen molar-refractivity contribution >= 4 is 12.0 Å². The molecule has 0 radical (unpaired) electrons. The molecule has 1 aromatic rings. The summed E-state index contributed by atoms with van der Waals surface area (Å²) in [5.41, 5.74) is 1.88. The number of hydrogen-bond donors (Lipinski definition) is 2. The summed E-state index contributed by atoms with van der Waals surface area (Å²) in [6.45, 7) is 3.95. The fourth-order valence-electron chi connectivity index (χ4n) is 3.53. The predicted octanol–water partition coefficient (Wildman–Crippen LogP) is 3.59. The lowest BCUT2D eigenvalue weighted by Crippen LogP contribution is -2.45. The van der Waals surface area contributed by atoms with Crippen LogP contribution in [0.25, 0.3) is 0 Å². The molecule has 1 aromatic carbocycles. The highest BCUT2D eigenvalue weighted by Crippen LogP contribution is 2.31. The SMILES string of the molecule is CCOC(=O)C1=C(CC)NC(=O)NC1c1ccc(OC2CCCC2)cc1. The largest absolute Gasteiger partial charge is 0.490 e. The van der Waals surface area contributed by atoms with Gasteiger partial charge < -0.3 is 20.1 Å². The molecule has 6 nitrogen and oxygen atoms in total. The zero-order valence-corrected chi connectivity index (χ0v) is 15.3. The molecule has 140 valence electrons. The van der Waals surface area contributed by atoms with Gasteiger partial charge in [0.25, 0.3) is 0 Å². The van der Waals surface area contributed by atoms with E-state index < -0.39 is 12.0 Å². The van der Waals surface area contributed by atoms with Crippen molar-refractivity contribution in [3.05, 3.63) is 41.1 Å². The Kier molecular flexibility index (Phi) is 5.81. The first kappa shape index (κ1) is 18.3. The highest BCUT2D eigenvalue weighted by molar-refractivity contribution is 5.95. The topological polar surface area (TPSA) is 76.7 Å². The Balaban J connectivity index is 1.84. The molecule has 0 spiro atoms. The summed E-state index contributed by atoms with van der Waals surface area (Å²) in [6.07, 6.45) is 5.47. The summed E-state index contributed by atoms with van der Waals surface area (Å²) < 4.78 is 11.2. The molecular formula is C20H26N2O4. The van der Waals surface area contributed by atoms with Gasteiger partial charge in [-0.25, -0.2) is 9.59 Å². The maximum absolute atomic E-state index is 12.5. The first-order valence-corrected chi connectivity index (χ1v) is 9.36. The van der Waals surface area contributed by atoms with E-state index in [9.17, 15) is 9.59 Å². The maximum Gasteiger partial charge on any atom is 0.338 e. The number of allylic oxidation sites excluding steroid dienone is 1. The Morgan fingerprint density at radius 2 is 1.85 bits per heavy atom. The van der Waals surface area contributed by atoms with E-state index in [1.54, 1.807) is 6.92 Å². The summed E-state index contributed by atoms with van der Waals surface area (Å²) in [4.78, 5) is 24.5. The molecule has 1 fully saturated rings. The lowest BCUT2D eigenvalue weighted by Gasteiger charge is -2.29. The molecule has 2 N–H and O–H groups in total. The highest BCUT2D eigenvalue weighted by Gasteiger charge is 2.33. The van der Waals surface area contributed by atoms with Crippen molar-refractivity contribution in [2.75, 3.05) is 6.61 Å². The molecule has 0 bridgehead atoms. The first-order valence-electron chi connectivity index (χ1n) is 9.36. The molecule has 1 unspecified atom stereocenters. The van der Waals surface area contributed by atoms with Gasteiger partial charge in [0.05, 0.1) is 24.3 Å². The molecule has 2 amide bonds. The van der Waals surface area contributed by atoms with Crippen LogP contribution in [0.3, 0.4) is 0 Å². The predicted molar refractivity (Wildman–Crippen MR) is 97.7 cm³/mol. The molecule has 2 aliphatic rings. The number of urea groups is 1. The average molecular weight is 358 g/mol. The minimum atomic E-state index is -0.529. The van der Waals surface area contributed by atoms with Crippen molar-refractivity contribution in [2.24, 2.45) is 0 Å². The van der Waals surface area contributed by atoms with Gasteiger partial charge in [-0.2, -0.15) is 0 Å². The summed E-state index contributed by atoms with van der Waals surface area (Å²) in [7, 11) is 0. The van der Waals surface area contributed by atoms with Crippen LogP contribution < -0.4 is 15.4 Å². The first-order chi connectivity index (χ1) is 12.6. The number of nitrogens with one attached hydrogen (secondary N) is 2. The third-order valence-electron chi connectivity index (χ3n) is 4.82. The Hall–Kier alpha value is -2.50. The standard InChI is InChI=1S/C20H26N2O4/c1-3-16-17(19(23)25-4-2)18(22-20(24)21-16)13-9-11-15(12-10-13)26-14-7-5-6-8-14/h9-12,14,18H,3-8H2,1-2H3,(H2,21,22,24). The van der Waals surface area contributed by atoms with E-state index in [0.717, 1.165) is 24.2 Å². The highest BCUT2D eigenvalue weighted by atomic mass is 16.5. The molecule has 0 aromatic heterocycles. The van der Waals surface area contributed by atoms with Crippen molar-refractivity contribution in [1.82, 2.24) is 10.6 Å². The van der Waals surface area contributed by atoms with Crippen molar-refractivity contribution in [3.63, 3.8) is 0 Å². The molecule has 1 aliphatic carbocycles. The van der Waals surface area contributed by atoms with Crippen LogP contribution in [0, 0.1) is 0 Å². The number of carbonyl (C=O) groups excluding carboxylic acids is 2. The van der Waals surface area contributed by atoms with Crippen LogP contribution in [0.4, 0.5) is 4.79 Å². The average Bonchev–Trinajstić information content (AvgIpc) is 3.14. The summed E-state index contributed by atoms with van der Waals surface area (Å²) >= 11 is 0. The third kappa shape index (κ3) is 4.00. The zero-order valence-electron chi connectivity index (χ0n) is 15.3. The lowest BCUT2D eigenvalue weighted by atomic mass is 9.94. The summed E-state index contributed by atoms with van der Waals surface area (Å²) in [6, 6.07) is 6.75. The second kappa shape index (κ2) is 8.25. The Morgan fingerprint density at radius 1 is 1.15 bits per heavy atom. The van der Waals surface area contributed by atoms with Gasteiger partial charge in [-0.15, -0.1) is 0 Å². The van der Waals surface area contributed by atoms with Crippen LogP contribution in [0.5, 0.6) is 5.75 Å². The molecule has 3 rings (SSSR count). The van der Waals surface area contributed by atoms with E-state index in [1.807, 2.05) is 31.2 Å². The number of benzene rings is 1. The molecule has 6 heteroatoms. The number of rotatable bonds is 6. The molecular weight excluding hydrogens is 332 g/mol. The van der Waals surface area contributed by atoms with Crippen LogP contribution in [0.15, 0.2) is 35.5 Å². The number of hydrogen-bond acceptors (Lipinski definition) is 4. The van der Waals surface area contributed by atoms with Crippen molar-refractivity contribution < 1.29 is 19.1 Å². The van der Waals surface area contributed by atoms with Crippen molar-refractivity contribution in [3.8, 4) is 5.75 Å². The van der Waals surface area contributed by atoms with Gasteiger partial charge in [0.2, 0.25) is 0 Å². The van der Waals surface area contributed by atoms with Crippen LogP contribution >= 0.6 is 0 Å². The van der Waals surface area contributed by atoms with Crippen molar-refractivity contribution in [2.45, 2.75) is 58.1 Å². The number of amides is 2. The molecule has 1 saturated carbocycles. The van der Waals surface area contributed by atoms with E-state index in [2.05, 4.69) is 10.6 Å². The third-order valence-corrected chi connectivity index (χ3v) is 4.82. The van der Waals surface area contributed by atoms with E-state index in [4.69, 9.17) is 9.47 Å². The lowest BCUT2D eigenvalue weighted by molar-refractivity contribution is -0.139. The van der Waals surface area contributed by atoms with Crippen molar-refractivity contribution in [1.29, 1.82) is 0 Å². The van der Waals surface area contributed by atoms with E-state index in [1.165, 1.54) is 12.8 Å². The van der Waals surface area contributed by atoms with Gasteiger partial charge in [0.15, 0.2) is 0 Å². The van der Waals surface area contributed by atoms with Crippen LogP contribution in [-0.4, -0.2) is 24.7 Å². The van der Waals surface area contributed by atoms with Crippen LogP contribution in [-0.2, 0) is 9.53 Å². The Labute approximate surface area is 153 Å². The minimum absolute atomic E-state index is 0.286. The van der Waals surface area contributed by atoms with E-state index in [0.29, 0.717) is 23.8 Å². The Bertz CT molecular complexity index is 690. The monoisotopic (exact) mass is 358 g/mol. The van der Waals surface area contributed by atoms with Gasteiger partial charge >= 0.3 is 12.0 Å². The second-order valence-electron chi connectivity index (χ2n) is 6.59. The van der Waals surface area contributed by atoms with Crippen LogP contribution in [0.1, 0.15) is 57.6 Å². The number of ether oxygens (including phenoxy) is 2. The van der Waals surface area contributed by atoms with E-state index in [-0.39, 0.29) is 12.6 Å². The number of esters is 1. The summed E-state index contributed by atoms with van der Waals surface area (Å²) in [5.74, 6) is 0.409. The summed E-state index contributed by atoms with van der Waals surface area (Å²) in [5, 5.41) is 5.55.